The van der Waals surface area contributed by atoms with E-state index < -0.39 is 11.9 Å². The van der Waals surface area contributed by atoms with Gasteiger partial charge in [-0.05, 0) is 41.3 Å². The molecule has 5 nitrogen and oxygen atoms in total. The van der Waals surface area contributed by atoms with Gasteiger partial charge in [0.05, 0.1) is 17.7 Å². The summed E-state index contributed by atoms with van der Waals surface area (Å²) in [5.74, 6) is -0.492. The summed E-state index contributed by atoms with van der Waals surface area (Å²) in [6.07, 6.45) is 0. The SMILES string of the molecule is COc1ccc(NC(=O)COC(=O)c2ccc(C(C)(C)C)cc2)cc1Cl. The Morgan fingerprint density at radius 2 is 1.73 bits per heavy atom. The maximum absolute atomic E-state index is 12.1. The molecule has 0 aromatic heterocycles. The average molecular weight is 376 g/mol. The molecule has 0 radical (unpaired) electrons. The molecule has 26 heavy (non-hydrogen) atoms. The van der Waals surface area contributed by atoms with Crippen molar-refractivity contribution in [3.8, 4) is 5.75 Å². The Morgan fingerprint density at radius 1 is 1.08 bits per heavy atom. The van der Waals surface area contributed by atoms with E-state index in [0.29, 0.717) is 22.0 Å². The zero-order valence-corrected chi connectivity index (χ0v) is 16.0. The first-order chi connectivity index (χ1) is 12.2. The number of carbonyl (C=O) groups is 2. The highest BCUT2D eigenvalue weighted by atomic mass is 35.5. The second kappa shape index (κ2) is 8.23. The van der Waals surface area contributed by atoms with Crippen molar-refractivity contribution in [3.63, 3.8) is 0 Å². The summed E-state index contributed by atoms with van der Waals surface area (Å²) in [6, 6.07) is 12.0. The molecule has 1 N–H and O–H groups in total. The molecule has 1 amide bonds. The predicted octanol–water partition coefficient (Wildman–Crippen LogP) is 4.44. The minimum absolute atomic E-state index is 0.00194. The van der Waals surface area contributed by atoms with Gasteiger partial charge in [0, 0.05) is 5.69 Å². The highest BCUT2D eigenvalue weighted by Gasteiger charge is 2.15. The van der Waals surface area contributed by atoms with Crippen molar-refractivity contribution in [2.45, 2.75) is 26.2 Å². The van der Waals surface area contributed by atoms with Crippen LogP contribution in [0.3, 0.4) is 0 Å². The lowest BCUT2D eigenvalue weighted by atomic mass is 9.87. The van der Waals surface area contributed by atoms with E-state index in [4.69, 9.17) is 21.1 Å². The van der Waals surface area contributed by atoms with Crippen LogP contribution in [0.2, 0.25) is 5.02 Å². The Morgan fingerprint density at radius 3 is 2.27 bits per heavy atom. The Balaban J connectivity index is 1.90. The number of esters is 1. The first kappa shape index (κ1) is 19.8. The second-order valence-corrected chi connectivity index (χ2v) is 7.21. The molecular weight excluding hydrogens is 354 g/mol. The van der Waals surface area contributed by atoms with Crippen LogP contribution in [0.1, 0.15) is 36.7 Å². The number of methoxy groups -OCH3 is 1. The molecular formula is C20H22ClNO4. The van der Waals surface area contributed by atoms with Crippen LogP contribution in [-0.2, 0) is 14.9 Å². The van der Waals surface area contributed by atoms with Crippen molar-refractivity contribution in [1.29, 1.82) is 0 Å². The molecule has 0 saturated heterocycles. The zero-order valence-electron chi connectivity index (χ0n) is 15.3. The van der Waals surface area contributed by atoms with Crippen molar-refractivity contribution in [3.05, 3.63) is 58.6 Å². The van der Waals surface area contributed by atoms with Gasteiger partial charge in [-0.1, -0.05) is 44.5 Å². The molecule has 0 heterocycles. The third-order valence-electron chi connectivity index (χ3n) is 3.76. The van der Waals surface area contributed by atoms with E-state index in [1.165, 1.54) is 7.11 Å². The molecule has 6 heteroatoms. The summed E-state index contributed by atoms with van der Waals surface area (Å²) in [7, 11) is 1.51. The average Bonchev–Trinajstić information content (AvgIpc) is 2.59. The van der Waals surface area contributed by atoms with Crippen LogP contribution in [0.5, 0.6) is 5.75 Å². The van der Waals surface area contributed by atoms with Crippen molar-refractivity contribution < 1.29 is 19.1 Å². The number of hydrogen-bond donors (Lipinski definition) is 1. The number of anilines is 1. The van der Waals surface area contributed by atoms with E-state index in [1.54, 1.807) is 30.3 Å². The van der Waals surface area contributed by atoms with Gasteiger partial charge >= 0.3 is 5.97 Å². The van der Waals surface area contributed by atoms with Gasteiger partial charge in [-0.3, -0.25) is 4.79 Å². The van der Waals surface area contributed by atoms with Gasteiger partial charge in [0.15, 0.2) is 6.61 Å². The number of carbonyl (C=O) groups excluding carboxylic acids is 2. The van der Waals surface area contributed by atoms with E-state index in [-0.39, 0.29) is 12.0 Å². The third kappa shape index (κ3) is 5.23. The number of ether oxygens (including phenoxy) is 2. The summed E-state index contributed by atoms with van der Waals surface area (Å²) in [6.45, 7) is 5.89. The molecule has 0 bridgehead atoms. The molecule has 2 aromatic rings. The molecule has 0 saturated carbocycles. The number of nitrogens with one attached hydrogen (secondary N) is 1. The Bertz CT molecular complexity index is 794. The van der Waals surface area contributed by atoms with E-state index in [1.807, 2.05) is 12.1 Å². The minimum atomic E-state index is -0.548. The summed E-state index contributed by atoms with van der Waals surface area (Å²) >= 11 is 6.00. The monoisotopic (exact) mass is 375 g/mol. The molecule has 138 valence electrons. The molecule has 2 aromatic carbocycles. The second-order valence-electron chi connectivity index (χ2n) is 6.80. The van der Waals surface area contributed by atoms with Gasteiger partial charge in [-0.25, -0.2) is 4.79 Å². The number of hydrogen-bond acceptors (Lipinski definition) is 4. The first-order valence-electron chi connectivity index (χ1n) is 8.12. The maximum Gasteiger partial charge on any atom is 0.338 e. The van der Waals surface area contributed by atoms with Crippen LogP contribution in [0, 0.1) is 0 Å². The predicted molar refractivity (Wildman–Crippen MR) is 102 cm³/mol. The highest BCUT2D eigenvalue weighted by molar-refractivity contribution is 6.32. The fourth-order valence-electron chi connectivity index (χ4n) is 2.26. The summed E-state index contributed by atoms with van der Waals surface area (Å²) in [5, 5.41) is 2.99. The van der Waals surface area contributed by atoms with Crippen molar-refractivity contribution in [1.82, 2.24) is 0 Å². The quantitative estimate of drug-likeness (QED) is 0.784. The lowest BCUT2D eigenvalue weighted by Crippen LogP contribution is -2.21. The number of amides is 1. The van der Waals surface area contributed by atoms with Gasteiger partial charge < -0.3 is 14.8 Å². The van der Waals surface area contributed by atoms with Crippen LogP contribution in [0.4, 0.5) is 5.69 Å². The zero-order chi connectivity index (χ0) is 19.3. The smallest absolute Gasteiger partial charge is 0.338 e. The maximum atomic E-state index is 12.1. The molecule has 2 rings (SSSR count). The fourth-order valence-corrected chi connectivity index (χ4v) is 2.52. The largest absolute Gasteiger partial charge is 0.495 e. The van der Waals surface area contributed by atoms with Crippen molar-refractivity contribution in [2.24, 2.45) is 0 Å². The summed E-state index contributed by atoms with van der Waals surface area (Å²) < 4.78 is 10.1. The Kier molecular flexibility index (Phi) is 6.27. The summed E-state index contributed by atoms with van der Waals surface area (Å²) in [5.41, 5.74) is 2.01. The number of halogens is 1. The van der Waals surface area contributed by atoms with Gasteiger partial charge in [0.25, 0.3) is 5.91 Å². The molecule has 0 atom stereocenters. The van der Waals surface area contributed by atoms with Crippen LogP contribution in [0.15, 0.2) is 42.5 Å². The molecule has 0 aliphatic rings. The van der Waals surface area contributed by atoms with Crippen LogP contribution in [-0.4, -0.2) is 25.6 Å². The number of rotatable bonds is 5. The Hall–Kier alpha value is -2.53. The third-order valence-corrected chi connectivity index (χ3v) is 4.05. The molecule has 0 fully saturated rings. The summed E-state index contributed by atoms with van der Waals surface area (Å²) in [4.78, 5) is 24.0. The van der Waals surface area contributed by atoms with Crippen LogP contribution >= 0.6 is 11.6 Å². The van der Waals surface area contributed by atoms with Gasteiger partial charge in [0.2, 0.25) is 0 Å². The van der Waals surface area contributed by atoms with Crippen LogP contribution in [0.25, 0.3) is 0 Å². The van der Waals surface area contributed by atoms with Crippen LogP contribution < -0.4 is 10.1 Å². The topological polar surface area (TPSA) is 64.6 Å². The lowest BCUT2D eigenvalue weighted by Gasteiger charge is -2.18. The van der Waals surface area contributed by atoms with Gasteiger partial charge in [-0.2, -0.15) is 0 Å². The minimum Gasteiger partial charge on any atom is -0.495 e. The molecule has 0 spiro atoms. The fraction of sp³-hybridized carbons (Fsp3) is 0.300. The van der Waals surface area contributed by atoms with Gasteiger partial charge in [-0.15, -0.1) is 0 Å². The molecule has 0 aliphatic carbocycles. The first-order valence-corrected chi connectivity index (χ1v) is 8.49. The molecule has 0 unspecified atom stereocenters. The standard InChI is InChI=1S/C20H22ClNO4/c1-20(2,3)14-7-5-13(6-8-14)19(24)26-12-18(23)22-15-9-10-17(25-4)16(21)11-15/h5-11H,12H2,1-4H3,(H,22,23). The number of benzene rings is 2. The normalized spacial score (nSPS) is 11.0. The van der Waals surface area contributed by atoms with E-state index in [0.717, 1.165) is 5.56 Å². The van der Waals surface area contributed by atoms with Gasteiger partial charge in [0.1, 0.15) is 5.75 Å². The van der Waals surface area contributed by atoms with Crippen molar-refractivity contribution >= 4 is 29.2 Å². The highest BCUT2D eigenvalue weighted by Crippen LogP contribution is 2.27. The van der Waals surface area contributed by atoms with E-state index in [2.05, 4.69) is 26.1 Å². The Labute approximate surface area is 158 Å². The van der Waals surface area contributed by atoms with E-state index >= 15 is 0 Å². The van der Waals surface area contributed by atoms with Crippen molar-refractivity contribution in [2.75, 3.05) is 19.0 Å². The van der Waals surface area contributed by atoms with E-state index in [9.17, 15) is 9.59 Å². The molecule has 0 aliphatic heterocycles. The lowest BCUT2D eigenvalue weighted by molar-refractivity contribution is -0.119.